The first kappa shape index (κ1) is 12.6. The van der Waals surface area contributed by atoms with E-state index in [2.05, 4.69) is 10.3 Å². The molecule has 0 radical (unpaired) electrons. The van der Waals surface area contributed by atoms with Crippen LogP contribution >= 0.6 is 11.3 Å². The number of carbonyl (C=O) groups excluding carboxylic acids is 1. The molecule has 0 fully saturated rings. The number of amides is 1. The molecule has 0 saturated heterocycles. The van der Waals surface area contributed by atoms with Crippen molar-refractivity contribution >= 4 is 22.2 Å². The van der Waals surface area contributed by atoms with Gasteiger partial charge < -0.3 is 10.4 Å². The van der Waals surface area contributed by atoms with Crippen molar-refractivity contribution in [1.82, 2.24) is 14.7 Å². The highest BCUT2D eigenvalue weighted by Gasteiger charge is 2.20. The topological polar surface area (TPSA) is 83.7 Å². The fraction of sp³-hybridized carbons (Fsp3) is 0.364. The molecule has 0 bridgehead atoms. The molecule has 2 heterocycles. The average Bonchev–Trinajstić information content (AvgIpc) is 2.76. The lowest BCUT2D eigenvalue weighted by atomic mass is 10.2. The lowest BCUT2D eigenvalue weighted by Gasteiger charge is -2.11. The maximum absolute atomic E-state index is 12.0. The Hall–Kier alpha value is -1.89. The van der Waals surface area contributed by atoms with Gasteiger partial charge in [-0.1, -0.05) is 6.92 Å². The van der Waals surface area contributed by atoms with Crippen molar-refractivity contribution < 1.29 is 9.90 Å². The van der Waals surface area contributed by atoms with Crippen molar-refractivity contribution in [3.8, 4) is 5.88 Å². The Morgan fingerprint density at radius 2 is 2.39 bits per heavy atom. The molecule has 0 aliphatic rings. The third-order valence-corrected chi connectivity index (χ3v) is 3.42. The summed E-state index contributed by atoms with van der Waals surface area (Å²) in [5, 5.41) is 14.0. The van der Waals surface area contributed by atoms with Crippen LogP contribution in [0.1, 0.15) is 30.6 Å². The highest BCUT2D eigenvalue weighted by atomic mass is 32.1. The Kier molecular flexibility index (Phi) is 3.33. The number of rotatable bonds is 3. The molecule has 1 amide bonds. The fourth-order valence-corrected chi connectivity index (χ4v) is 2.17. The van der Waals surface area contributed by atoms with E-state index in [0.717, 1.165) is 6.42 Å². The van der Waals surface area contributed by atoms with Gasteiger partial charge in [-0.15, -0.1) is 11.3 Å². The summed E-state index contributed by atoms with van der Waals surface area (Å²) in [6, 6.07) is -0.0699. The van der Waals surface area contributed by atoms with E-state index >= 15 is 0 Å². The van der Waals surface area contributed by atoms with Gasteiger partial charge >= 0.3 is 0 Å². The van der Waals surface area contributed by atoms with Crippen LogP contribution in [0.25, 0.3) is 4.96 Å². The molecule has 96 valence electrons. The molecule has 18 heavy (non-hydrogen) atoms. The van der Waals surface area contributed by atoms with E-state index < -0.39 is 17.3 Å². The lowest BCUT2D eigenvalue weighted by molar-refractivity contribution is 0.0934. The Morgan fingerprint density at radius 1 is 1.67 bits per heavy atom. The molecule has 2 rings (SSSR count). The van der Waals surface area contributed by atoms with Gasteiger partial charge in [-0.25, -0.2) is 0 Å². The Labute approximate surface area is 107 Å². The molecule has 0 unspecified atom stereocenters. The summed E-state index contributed by atoms with van der Waals surface area (Å²) in [6.45, 7) is 3.74. The van der Waals surface area contributed by atoms with Crippen LogP contribution in [0, 0.1) is 0 Å². The second kappa shape index (κ2) is 4.77. The van der Waals surface area contributed by atoms with E-state index in [1.165, 1.54) is 21.9 Å². The molecule has 0 saturated carbocycles. The first-order valence-corrected chi connectivity index (χ1v) is 6.42. The van der Waals surface area contributed by atoms with Gasteiger partial charge in [0.2, 0.25) is 5.88 Å². The van der Waals surface area contributed by atoms with Crippen LogP contribution in [-0.4, -0.2) is 26.4 Å². The highest BCUT2D eigenvalue weighted by Crippen LogP contribution is 2.14. The SMILES string of the molecule is CC[C@H](C)NC(=O)c1c(O)nc2sccn2c1=O. The Morgan fingerprint density at radius 3 is 3.06 bits per heavy atom. The van der Waals surface area contributed by atoms with E-state index in [4.69, 9.17) is 0 Å². The molecule has 0 aliphatic heterocycles. The van der Waals surface area contributed by atoms with Gasteiger partial charge in [0.15, 0.2) is 10.5 Å². The number of nitrogens with one attached hydrogen (secondary N) is 1. The van der Waals surface area contributed by atoms with Crippen LogP contribution in [0.5, 0.6) is 5.88 Å². The van der Waals surface area contributed by atoms with Crippen molar-refractivity contribution in [3.05, 3.63) is 27.5 Å². The molecular formula is C11H13N3O3S. The molecule has 1 atom stereocenters. The van der Waals surface area contributed by atoms with Gasteiger partial charge in [-0.2, -0.15) is 4.98 Å². The summed E-state index contributed by atoms with van der Waals surface area (Å²) in [6.07, 6.45) is 2.26. The van der Waals surface area contributed by atoms with Crippen LogP contribution in [0.15, 0.2) is 16.4 Å². The summed E-state index contributed by atoms with van der Waals surface area (Å²) in [4.78, 5) is 28.1. The predicted molar refractivity (Wildman–Crippen MR) is 68.2 cm³/mol. The second-order valence-corrected chi connectivity index (χ2v) is 4.83. The summed E-state index contributed by atoms with van der Waals surface area (Å²) in [5.74, 6) is -1.12. The number of aromatic hydroxyl groups is 1. The number of nitrogens with zero attached hydrogens (tertiary/aromatic N) is 2. The van der Waals surface area contributed by atoms with Crippen molar-refractivity contribution in [2.45, 2.75) is 26.3 Å². The van der Waals surface area contributed by atoms with E-state index in [1.807, 2.05) is 13.8 Å². The van der Waals surface area contributed by atoms with Crippen LogP contribution in [0.3, 0.4) is 0 Å². The van der Waals surface area contributed by atoms with E-state index in [9.17, 15) is 14.7 Å². The Bertz CT molecular complexity index is 647. The van der Waals surface area contributed by atoms with Gasteiger partial charge in [0.05, 0.1) is 0 Å². The molecular weight excluding hydrogens is 254 g/mol. The maximum atomic E-state index is 12.0. The van der Waals surface area contributed by atoms with Crippen LogP contribution < -0.4 is 10.9 Å². The minimum atomic E-state index is -0.597. The molecule has 7 heteroatoms. The zero-order chi connectivity index (χ0) is 13.3. The molecule has 6 nitrogen and oxygen atoms in total. The standard InChI is InChI=1S/C11H13N3O3S/c1-3-6(2)12-8(15)7-9(16)13-11-14(10(7)17)4-5-18-11/h4-6,16H,3H2,1-2H3,(H,12,15)/t6-/m0/s1. The van der Waals surface area contributed by atoms with Gasteiger partial charge in [0, 0.05) is 17.6 Å². The van der Waals surface area contributed by atoms with Crippen molar-refractivity contribution in [1.29, 1.82) is 0 Å². The van der Waals surface area contributed by atoms with Crippen molar-refractivity contribution in [2.24, 2.45) is 0 Å². The fourth-order valence-electron chi connectivity index (χ4n) is 1.47. The summed E-state index contributed by atoms with van der Waals surface area (Å²) >= 11 is 1.21. The van der Waals surface area contributed by atoms with Gasteiger partial charge in [0.1, 0.15) is 0 Å². The zero-order valence-corrected chi connectivity index (χ0v) is 10.8. The molecule has 0 aliphatic carbocycles. The van der Waals surface area contributed by atoms with E-state index in [-0.39, 0.29) is 11.6 Å². The molecule has 2 N–H and O–H groups in total. The third kappa shape index (κ3) is 2.08. The third-order valence-electron chi connectivity index (χ3n) is 2.66. The van der Waals surface area contributed by atoms with Crippen LogP contribution in [-0.2, 0) is 0 Å². The second-order valence-electron chi connectivity index (χ2n) is 3.95. The largest absolute Gasteiger partial charge is 0.492 e. The van der Waals surface area contributed by atoms with E-state index in [1.54, 1.807) is 5.38 Å². The maximum Gasteiger partial charge on any atom is 0.275 e. The summed E-state index contributed by atoms with van der Waals surface area (Å²) in [7, 11) is 0. The smallest absolute Gasteiger partial charge is 0.275 e. The molecule has 0 aromatic carbocycles. The number of thiazole rings is 1. The minimum absolute atomic E-state index is 0.0699. The van der Waals surface area contributed by atoms with Crippen LogP contribution in [0.2, 0.25) is 0 Å². The number of fused-ring (bicyclic) bond motifs is 1. The number of aromatic nitrogens is 2. The quantitative estimate of drug-likeness (QED) is 0.868. The highest BCUT2D eigenvalue weighted by molar-refractivity contribution is 7.15. The number of hydrogen-bond donors (Lipinski definition) is 2. The average molecular weight is 267 g/mol. The molecule has 2 aromatic heterocycles. The van der Waals surface area contributed by atoms with Crippen molar-refractivity contribution in [2.75, 3.05) is 0 Å². The van der Waals surface area contributed by atoms with Gasteiger partial charge in [-0.05, 0) is 13.3 Å². The minimum Gasteiger partial charge on any atom is -0.492 e. The van der Waals surface area contributed by atoms with Crippen molar-refractivity contribution in [3.63, 3.8) is 0 Å². The van der Waals surface area contributed by atoms with Gasteiger partial charge in [0.25, 0.3) is 11.5 Å². The van der Waals surface area contributed by atoms with Gasteiger partial charge in [-0.3, -0.25) is 14.0 Å². The summed E-state index contributed by atoms with van der Waals surface area (Å²) in [5.41, 5.74) is -0.870. The molecule has 0 spiro atoms. The molecule has 2 aromatic rings. The predicted octanol–water partition coefficient (Wildman–Crippen LogP) is 0.990. The lowest BCUT2D eigenvalue weighted by Crippen LogP contribution is -2.36. The van der Waals surface area contributed by atoms with E-state index in [0.29, 0.717) is 4.96 Å². The first-order chi connectivity index (χ1) is 8.54. The normalized spacial score (nSPS) is 12.6. The first-order valence-electron chi connectivity index (χ1n) is 5.54. The Balaban J connectivity index is 2.50. The summed E-state index contributed by atoms with van der Waals surface area (Å²) < 4.78 is 1.25. The monoisotopic (exact) mass is 267 g/mol. The zero-order valence-electron chi connectivity index (χ0n) is 10.0. The van der Waals surface area contributed by atoms with Crippen LogP contribution in [0.4, 0.5) is 0 Å². The number of carbonyl (C=O) groups is 1. The number of hydrogen-bond acceptors (Lipinski definition) is 5.